The number of H-pyrrole nitrogens is 2. The van der Waals surface area contributed by atoms with Gasteiger partial charge in [0.1, 0.15) is 66.2 Å². The Bertz CT molecular complexity index is 3420. The first kappa shape index (κ1) is 77.8. The Morgan fingerprint density at radius 1 is 0.636 bits per heavy atom. The number of benzene rings is 2. The highest BCUT2D eigenvalue weighted by Crippen LogP contribution is 2.26. The zero-order valence-corrected chi connectivity index (χ0v) is 55.8. The molecule has 11 amide bonds. The fraction of sp³-hybridized carbons (Fsp3) is 0.508. The lowest BCUT2D eigenvalue weighted by Crippen LogP contribution is -2.61. The Balaban J connectivity index is 1.09. The molecule has 4 heterocycles. The number of aromatic hydroxyl groups is 1. The predicted molar refractivity (Wildman–Crippen MR) is 357 cm³/mol. The maximum absolute atomic E-state index is 14.6. The summed E-state index contributed by atoms with van der Waals surface area (Å²) in [5, 5.41) is 63.1. The summed E-state index contributed by atoms with van der Waals surface area (Å²) in [6.45, 7) is 1.13. The Morgan fingerprint density at radius 2 is 1.19 bits per heavy atom. The van der Waals surface area contributed by atoms with Gasteiger partial charge >= 0.3 is 5.97 Å². The van der Waals surface area contributed by atoms with Gasteiger partial charge in [0, 0.05) is 69.1 Å². The molecule has 2 aromatic heterocycles. The number of nitrogens with zero attached hydrogens (tertiary/aromatic N) is 5. The van der Waals surface area contributed by atoms with Crippen LogP contribution in [0, 0.1) is 0 Å². The van der Waals surface area contributed by atoms with Crippen molar-refractivity contribution in [3.8, 4) is 5.75 Å². The molecule has 0 aliphatic carbocycles. The second kappa shape index (κ2) is 38.7. The average Bonchev–Trinajstić information content (AvgIpc) is 1.41. The molecule has 538 valence electrons. The number of nitrogens with two attached hydrogens (primary N) is 3. The smallest absolute Gasteiger partial charge is 0.326 e. The average molecular weight is 1400 g/mol. The van der Waals surface area contributed by atoms with Gasteiger partial charge in [0.05, 0.1) is 38.0 Å². The lowest BCUT2D eigenvalue weighted by molar-refractivity contribution is -0.148. The van der Waals surface area contributed by atoms with E-state index >= 15 is 0 Å². The van der Waals surface area contributed by atoms with Crippen molar-refractivity contribution in [3.63, 3.8) is 0 Å². The highest BCUT2D eigenvalue weighted by Gasteiger charge is 2.44. The molecular weight excluding hydrogens is 1310 g/mol. The van der Waals surface area contributed by atoms with E-state index in [9.17, 15) is 78.0 Å². The van der Waals surface area contributed by atoms with E-state index in [1.165, 1.54) is 84.7 Å². The van der Waals surface area contributed by atoms with E-state index in [1.807, 2.05) is 0 Å². The summed E-state index contributed by atoms with van der Waals surface area (Å²) in [4.78, 5) is 186. The number of guanidine groups is 1. The third-order valence-electron chi connectivity index (χ3n) is 16.4. The number of carbonyl (C=O) groups is 12. The fourth-order valence-corrected chi connectivity index (χ4v) is 11.6. The number of aliphatic imine (C=N–C) groups is 1. The molecular formula is C63H89N19O16S. The maximum Gasteiger partial charge on any atom is 0.326 e. The number of aliphatic hydroxyl groups is 2. The number of phenolic OH excluding ortho intramolecular Hbond substituents is 1. The number of phenols is 1. The van der Waals surface area contributed by atoms with E-state index < -0.39 is 157 Å². The summed E-state index contributed by atoms with van der Waals surface area (Å²) in [6, 6.07) is -0.689. The van der Waals surface area contributed by atoms with Crippen LogP contribution in [0.3, 0.4) is 0 Å². The first-order chi connectivity index (χ1) is 47.3. The van der Waals surface area contributed by atoms with Gasteiger partial charge in [0.15, 0.2) is 5.96 Å². The molecule has 2 saturated heterocycles. The molecule has 35 nitrogen and oxygen atoms in total. The summed E-state index contributed by atoms with van der Waals surface area (Å²) < 4.78 is 0. The number of thioether (sulfide) groups is 1. The van der Waals surface area contributed by atoms with Crippen LogP contribution < -0.4 is 65.1 Å². The van der Waals surface area contributed by atoms with Gasteiger partial charge in [-0.15, -0.1) is 0 Å². The van der Waals surface area contributed by atoms with Gasteiger partial charge < -0.3 is 105 Å². The number of aromatic nitrogens is 4. The third-order valence-corrected chi connectivity index (χ3v) is 17.0. The molecule has 0 spiro atoms. The largest absolute Gasteiger partial charge is 0.508 e. The lowest BCUT2D eigenvalue weighted by Gasteiger charge is -2.33. The topological polar surface area (TPSA) is 548 Å². The number of aliphatic hydroxyl groups excluding tert-OH is 2. The Kier molecular flexibility index (Phi) is 30.4. The normalized spacial score (nSPS) is 17.2. The van der Waals surface area contributed by atoms with Crippen molar-refractivity contribution >= 4 is 88.7 Å². The molecule has 6 rings (SSSR count). The van der Waals surface area contributed by atoms with Crippen LogP contribution in [0.4, 0.5) is 0 Å². The first-order valence-corrected chi connectivity index (χ1v) is 33.5. The number of carboxylic acid groups (broad SMARTS) is 1. The quantitative estimate of drug-likeness (QED) is 0.0113. The van der Waals surface area contributed by atoms with E-state index in [0.29, 0.717) is 41.1 Å². The van der Waals surface area contributed by atoms with Crippen LogP contribution in [-0.4, -0.2) is 244 Å². The van der Waals surface area contributed by atoms with Gasteiger partial charge in [0.25, 0.3) is 0 Å². The van der Waals surface area contributed by atoms with Crippen LogP contribution in [0.1, 0.15) is 81.3 Å². The van der Waals surface area contributed by atoms with Crippen LogP contribution in [-0.2, 0) is 83.2 Å². The second-order valence-corrected chi connectivity index (χ2v) is 24.9. The van der Waals surface area contributed by atoms with Gasteiger partial charge in [-0.05, 0) is 94.1 Å². The van der Waals surface area contributed by atoms with Gasteiger partial charge in [0.2, 0.25) is 65.0 Å². The van der Waals surface area contributed by atoms with Crippen LogP contribution in [0.2, 0.25) is 0 Å². The standard InChI is InChI=1S/C63H89N19O16S/c1-34(60(95)82-22-9-14-49(82)61(96)81-21-8-13-48(81)58(93)77-45(27-39-29-68-33-72-39)56(91)78-46(62(97)98)25-37-15-17-40(85)18-16-37)73-54(89)42(12-7-20-69-63(65)66)75-55(90)44(24-36-10-5-4-6-11-36)74-50(86)30-70-53(88)43(19-23-99-3)76-59(94)51(35(2)84)80-57(92)47(31-83)79-52(87)41(64)26-38-28-67-32-71-38/h4-6,10-11,15-18,28-29,32-35,41-49,51,83-85H,7-9,12-14,19-27,30-31,64H2,1-3H3,(H,67,71)(H,68,72)(H,70,88)(H,73,89)(H,74,86)(H,75,90)(H,76,94)(H,77,93)(H,78,91)(H,79,87)(H,80,92)(H,97,98)(H4,65,66,69)/t34-,35+,41-,42-,43-,44-,45-,46-,47-,48-,49-,51-/m0/s1. The van der Waals surface area contributed by atoms with E-state index in [-0.39, 0.29) is 89.1 Å². The van der Waals surface area contributed by atoms with Gasteiger partial charge in [-0.3, -0.25) is 57.7 Å². The molecule has 0 bridgehead atoms. The van der Waals surface area contributed by atoms with Crippen LogP contribution in [0.15, 0.2) is 84.6 Å². The predicted octanol–water partition coefficient (Wildman–Crippen LogP) is -5.30. The van der Waals surface area contributed by atoms with Crippen molar-refractivity contribution in [2.45, 2.75) is 157 Å². The second-order valence-electron chi connectivity index (χ2n) is 24.0. The zero-order valence-electron chi connectivity index (χ0n) is 55.0. The van der Waals surface area contributed by atoms with E-state index in [0.717, 1.165) is 0 Å². The molecule has 0 saturated carbocycles. The third kappa shape index (κ3) is 24.1. The molecule has 2 aliphatic rings. The summed E-state index contributed by atoms with van der Waals surface area (Å²) in [6.07, 6.45) is 6.52. The first-order valence-electron chi connectivity index (χ1n) is 32.2. The molecule has 12 atom stereocenters. The molecule has 4 aromatic rings. The molecule has 21 N–H and O–H groups in total. The maximum atomic E-state index is 14.6. The molecule has 0 unspecified atom stereocenters. The number of carbonyl (C=O) groups excluding carboxylic acids is 11. The number of nitrogens with one attached hydrogen (secondary N) is 11. The van der Waals surface area contributed by atoms with Crippen LogP contribution in [0.5, 0.6) is 5.75 Å². The Hall–Kier alpha value is -10.2. The van der Waals surface area contributed by atoms with Gasteiger partial charge in [-0.1, -0.05) is 42.5 Å². The SMILES string of the molecule is CSCC[C@H](NC(=O)[C@@H](NC(=O)[C@H](CO)NC(=O)[C@@H](N)Cc1cnc[nH]1)[C@@H](C)O)C(=O)NCC(=O)N[C@@H](Cc1ccccc1)C(=O)N[C@@H](CCCN=C(N)N)C(=O)N[C@@H](C)C(=O)N1CCC[C@H]1C(=O)N1CCC[C@H]1C(=O)N[C@@H](Cc1cnc[nH]1)C(=O)N[C@@H](Cc1ccc(O)cc1)C(=O)O. The molecule has 36 heteroatoms. The van der Waals surface area contributed by atoms with Crippen molar-refractivity contribution in [2.75, 3.05) is 44.8 Å². The number of likely N-dealkylation sites (tertiary alicyclic amines) is 2. The monoisotopic (exact) mass is 1400 g/mol. The molecule has 99 heavy (non-hydrogen) atoms. The highest BCUT2D eigenvalue weighted by molar-refractivity contribution is 7.98. The van der Waals surface area contributed by atoms with Gasteiger partial charge in [-0.25, -0.2) is 14.8 Å². The summed E-state index contributed by atoms with van der Waals surface area (Å²) in [5.41, 5.74) is 19.1. The fourth-order valence-electron chi connectivity index (χ4n) is 11.1. The minimum absolute atomic E-state index is 0.00988. The number of aromatic amines is 2. The van der Waals surface area contributed by atoms with E-state index in [2.05, 4.69) is 72.8 Å². The Labute approximate surface area is 573 Å². The summed E-state index contributed by atoms with van der Waals surface area (Å²) in [7, 11) is 0. The van der Waals surface area contributed by atoms with Crippen LogP contribution >= 0.6 is 11.8 Å². The number of hydrogen-bond donors (Lipinski definition) is 18. The lowest BCUT2D eigenvalue weighted by atomic mass is 10.0. The van der Waals surface area contributed by atoms with Crippen molar-refractivity contribution in [1.82, 2.24) is 77.6 Å². The molecule has 2 aromatic carbocycles. The van der Waals surface area contributed by atoms with Crippen LogP contribution in [0.25, 0.3) is 0 Å². The van der Waals surface area contributed by atoms with E-state index in [4.69, 9.17) is 17.2 Å². The summed E-state index contributed by atoms with van der Waals surface area (Å²) >= 11 is 1.31. The number of carboxylic acids is 1. The Morgan fingerprint density at radius 3 is 1.80 bits per heavy atom. The van der Waals surface area contributed by atoms with Crippen molar-refractivity contribution in [3.05, 3.63) is 102 Å². The van der Waals surface area contributed by atoms with Crippen molar-refractivity contribution < 1.29 is 78.0 Å². The minimum Gasteiger partial charge on any atom is -0.508 e. The van der Waals surface area contributed by atoms with Crippen molar-refractivity contribution in [2.24, 2.45) is 22.2 Å². The molecule has 2 aliphatic heterocycles. The number of imidazole rings is 2. The number of rotatable bonds is 38. The number of amides is 11. The number of aliphatic carboxylic acids is 1. The minimum atomic E-state index is -1.72. The van der Waals surface area contributed by atoms with E-state index in [1.54, 1.807) is 36.6 Å². The van der Waals surface area contributed by atoms with Gasteiger partial charge in [-0.2, -0.15) is 11.8 Å². The van der Waals surface area contributed by atoms with Crippen molar-refractivity contribution in [1.29, 1.82) is 0 Å². The molecule has 2 fully saturated rings. The zero-order chi connectivity index (χ0) is 72.3. The molecule has 0 radical (unpaired) electrons. The highest BCUT2D eigenvalue weighted by atomic mass is 32.2. The summed E-state index contributed by atoms with van der Waals surface area (Å²) in [5.74, 6) is -10.5. The number of hydrogen-bond acceptors (Lipinski definition) is 20.